The van der Waals surface area contributed by atoms with Crippen molar-refractivity contribution in [3.05, 3.63) is 22.4 Å². The van der Waals surface area contributed by atoms with E-state index in [-0.39, 0.29) is 17.9 Å². The highest BCUT2D eigenvalue weighted by Crippen LogP contribution is 2.36. The predicted molar refractivity (Wildman–Crippen MR) is 92.1 cm³/mol. The van der Waals surface area contributed by atoms with E-state index in [4.69, 9.17) is 0 Å². The molecule has 2 fully saturated rings. The van der Waals surface area contributed by atoms with Crippen molar-refractivity contribution in [2.75, 3.05) is 13.1 Å². The average molecular weight is 334 g/mol. The Morgan fingerprint density at radius 3 is 2.78 bits per heavy atom. The van der Waals surface area contributed by atoms with Gasteiger partial charge >= 0.3 is 0 Å². The van der Waals surface area contributed by atoms with E-state index in [1.54, 1.807) is 11.3 Å². The first-order valence-electron chi connectivity index (χ1n) is 8.71. The molecule has 0 radical (unpaired) electrons. The summed E-state index contributed by atoms with van der Waals surface area (Å²) in [4.78, 5) is 27.3. The molecule has 0 bridgehead atoms. The van der Waals surface area contributed by atoms with E-state index < -0.39 is 0 Å². The number of hydrogen-bond acceptors (Lipinski definition) is 3. The zero-order chi connectivity index (χ0) is 16.2. The van der Waals surface area contributed by atoms with Gasteiger partial charge in [-0.1, -0.05) is 25.3 Å². The fourth-order valence-corrected chi connectivity index (χ4v) is 4.87. The highest BCUT2D eigenvalue weighted by molar-refractivity contribution is 7.10. The van der Waals surface area contributed by atoms with Crippen molar-refractivity contribution in [2.45, 2.75) is 51.5 Å². The van der Waals surface area contributed by atoms with Gasteiger partial charge in [0.05, 0.1) is 12.5 Å². The fraction of sp³-hybridized carbons (Fsp3) is 0.667. The molecule has 2 heterocycles. The number of fused-ring (bicyclic) bond motifs is 1. The minimum Gasteiger partial charge on any atom is -0.348 e. The largest absolute Gasteiger partial charge is 0.348 e. The molecule has 1 aromatic heterocycles. The monoisotopic (exact) mass is 334 g/mol. The van der Waals surface area contributed by atoms with Gasteiger partial charge in [-0.3, -0.25) is 9.59 Å². The van der Waals surface area contributed by atoms with Gasteiger partial charge in [0.25, 0.3) is 0 Å². The van der Waals surface area contributed by atoms with E-state index in [1.807, 2.05) is 22.4 Å². The predicted octanol–water partition coefficient (Wildman–Crippen LogP) is 3.35. The minimum absolute atomic E-state index is 0.0813. The molecule has 5 heteroatoms. The Hall–Kier alpha value is -1.36. The molecular formula is C18H26N2O2S. The first-order chi connectivity index (χ1) is 11.1. The number of carbonyl (C=O) groups is 2. The van der Waals surface area contributed by atoms with Crippen LogP contribution in [0.4, 0.5) is 0 Å². The summed E-state index contributed by atoms with van der Waals surface area (Å²) < 4.78 is 0. The molecule has 1 N–H and O–H groups in total. The number of nitrogens with one attached hydrogen (secondary N) is 1. The van der Waals surface area contributed by atoms with Crippen LogP contribution in [0, 0.1) is 11.8 Å². The molecule has 0 aromatic carbocycles. The van der Waals surface area contributed by atoms with Gasteiger partial charge in [0.1, 0.15) is 0 Å². The summed E-state index contributed by atoms with van der Waals surface area (Å²) in [5, 5.41) is 4.92. The molecule has 2 aliphatic rings. The van der Waals surface area contributed by atoms with Gasteiger partial charge in [-0.15, -0.1) is 11.3 Å². The SMILES string of the molecule is CC(=O)N[C@H](CC(=O)N1CC[C@H]2CCCC[C@H]2C1)c1cccs1. The third-order valence-electron chi connectivity index (χ3n) is 5.29. The van der Waals surface area contributed by atoms with Crippen LogP contribution in [0.3, 0.4) is 0 Å². The lowest BCUT2D eigenvalue weighted by Gasteiger charge is -2.41. The van der Waals surface area contributed by atoms with E-state index in [0.29, 0.717) is 12.3 Å². The molecule has 2 amide bonds. The van der Waals surface area contributed by atoms with Crippen LogP contribution in [0.2, 0.25) is 0 Å². The summed E-state index contributed by atoms with van der Waals surface area (Å²) >= 11 is 1.59. The number of rotatable bonds is 4. The number of thiophene rings is 1. The molecule has 1 aromatic rings. The molecule has 4 nitrogen and oxygen atoms in total. The number of carbonyl (C=O) groups excluding carboxylic acids is 2. The molecule has 126 valence electrons. The van der Waals surface area contributed by atoms with Crippen LogP contribution in [-0.2, 0) is 9.59 Å². The Kier molecular flexibility index (Phi) is 5.36. The average Bonchev–Trinajstić information content (AvgIpc) is 3.07. The van der Waals surface area contributed by atoms with Crippen molar-refractivity contribution in [1.82, 2.24) is 10.2 Å². The van der Waals surface area contributed by atoms with Crippen LogP contribution in [0.5, 0.6) is 0 Å². The maximum Gasteiger partial charge on any atom is 0.225 e. The summed E-state index contributed by atoms with van der Waals surface area (Å²) in [5.74, 6) is 1.63. The molecular weight excluding hydrogens is 308 g/mol. The van der Waals surface area contributed by atoms with Gasteiger partial charge in [-0.2, -0.15) is 0 Å². The van der Waals surface area contributed by atoms with Gasteiger partial charge in [-0.25, -0.2) is 0 Å². The summed E-state index contributed by atoms with van der Waals surface area (Å²) in [5.41, 5.74) is 0. The maximum absolute atomic E-state index is 12.7. The van der Waals surface area contributed by atoms with Crippen molar-refractivity contribution in [3.8, 4) is 0 Å². The van der Waals surface area contributed by atoms with Crippen LogP contribution in [0.25, 0.3) is 0 Å². The molecule has 1 saturated carbocycles. The lowest BCUT2D eigenvalue weighted by molar-refractivity contribution is -0.135. The van der Waals surface area contributed by atoms with Crippen molar-refractivity contribution >= 4 is 23.2 Å². The second-order valence-corrected chi connectivity index (χ2v) is 7.88. The van der Waals surface area contributed by atoms with Crippen LogP contribution in [0.1, 0.15) is 56.4 Å². The molecule has 23 heavy (non-hydrogen) atoms. The normalized spacial score (nSPS) is 25.5. The fourth-order valence-electron chi connectivity index (χ4n) is 4.09. The first-order valence-corrected chi connectivity index (χ1v) is 9.59. The van der Waals surface area contributed by atoms with Crippen LogP contribution >= 0.6 is 11.3 Å². The Morgan fingerprint density at radius 1 is 1.30 bits per heavy atom. The third kappa shape index (κ3) is 4.14. The standard InChI is InChI=1S/C18H26N2O2S/c1-13(21)19-16(17-7-4-10-23-17)11-18(22)20-9-8-14-5-2-3-6-15(14)12-20/h4,7,10,14-16H,2-3,5-6,8-9,11-12H2,1H3,(H,19,21)/t14-,15+,16-/m1/s1. The summed E-state index contributed by atoms with van der Waals surface area (Å²) in [6, 6.07) is 3.77. The molecule has 3 rings (SSSR count). The van der Waals surface area contributed by atoms with E-state index in [1.165, 1.54) is 32.6 Å². The van der Waals surface area contributed by atoms with Crippen molar-refractivity contribution in [2.24, 2.45) is 11.8 Å². The van der Waals surface area contributed by atoms with Crippen LogP contribution in [0.15, 0.2) is 17.5 Å². The lowest BCUT2D eigenvalue weighted by atomic mass is 9.75. The van der Waals surface area contributed by atoms with Gasteiger partial charge in [-0.05, 0) is 36.1 Å². The van der Waals surface area contributed by atoms with Crippen LogP contribution < -0.4 is 5.32 Å². The second kappa shape index (κ2) is 7.47. The van der Waals surface area contributed by atoms with Crippen molar-refractivity contribution in [3.63, 3.8) is 0 Å². The highest BCUT2D eigenvalue weighted by atomic mass is 32.1. The van der Waals surface area contributed by atoms with Crippen molar-refractivity contribution in [1.29, 1.82) is 0 Å². The maximum atomic E-state index is 12.7. The summed E-state index contributed by atoms with van der Waals surface area (Å²) in [7, 11) is 0. The second-order valence-electron chi connectivity index (χ2n) is 6.91. The third-order valence-corrected chi connectivity index (χ3v) is 6.27. The molecule has 1 saturated heterocycles. The summed E-state index contributed by atoms with van der Waals surface area (Å²) in [6.07, 6.45) is 6.81. The van der Waals surface area contributed by atoms with Gasteiger partial charge in [0, 0.05) is 24.9 Å². The van der Waals surface area contributed by atoms with E-state index in [9.17, 15) is 9.59 Å². The molecule has 0 unspecified atom stereocenters. The lowest BCUT2D eigenvalue weighted by Crippen LogP contribution is -2.45. The molecule has 1 aliphatic carbocycles. The molecule has 0 spiro atoms. The van der Waals surface area contributed by atoms with E-state index in [0.717, 1.165) is 30.3 Å². The Labute approximate surface area is 142 Å². The number of likely N-dealkylation sites (tertiary alicyclic amines) is 1. The smallest absolute Gasteiger partial charge is 0.225 e. The van der Waals surface area contributed by atoms with Gasteiger partial charge in [0.2, 0.25) is 11.8 Å². The highest BCUT2D eigenvalue weighted by Gasteiger charge is 2.33. The topological polar surface area (TPSA) is 49.4 Å². The molecule has 1 aliphatic heterocycles. The van der Waals surface area contributed by atoms with Gasteiger partial charge < -0.3 is 10.2 Å². The Morgan fingerprint density at radius 2 is 2.09 bits per heavy atom. The zero-order valence-electron chi connectivity index (χ0n) is 13.8. The van der Waals surface area contributed by atoms with Gasteiger partial charge in [0.15, 0.2) is 0 Å². The minimum atomic E-state index is -0.191. The number of nitrogens with zero attached hydrogens (tertiary/aromatic N) is 1. The number of amides is 2. The zero-order valence-corrected chi connectivity index (χ0v) is 14.6. The van der Waals surface area contributed by atoms with Crippen LogP contribution in [-0.4, -0.2) is 29.8 Å². The quantitative estimate of drug-likeness (QED) is 0.918. The number of piperidine rings is 1. The Balaban J connectivity index is 1.61. The van der Waals surface area contributed by atoms with E-state index >= 15 is 0 Å². The van der Waals surface area contributed by atoms with E-state index in [2.05, 4.69) is 5.32 Å². The Bertz CT molecular complexity index is 543. The number of hydrogen-bond donors (Lipinski definition) is 1. The van der Waals surface area contributed by atoms with Crippen molar-refractivity contribution < 1.29 is 9.59 Å². The first kappa shape index (κ1) is 16.5. The summed E-state index contributed by atoms with van der Waals surface area (Å²) in [6.45, 7) is 3.32. The molecule has 3 atom stereocenters.